The molecule has 0 aromatic rings. The molecule has 31 heavy (non-hydrogen) atoms. The summed E-state index contributed by atoms with van der Waals surface area (Å²) in [5.41, 5.74) is 1.37. The predicted octanol–water partition coefficient (Wildman–Crippen LogP) is 6.08. The van der Waals surface area contributed by atoms with Gasteiger partial charge in [0.05, 0.1) is 30.8 Å². The summed E-state index contributed by atoms with van der Waals surface area (Å²) < 4.78 is 18.8. The summed E-state index contributed by atoms with van der Waals surface area (Å²) in [7, 11) is 0. The van der Waals surface area contributed by atoms with E-state index in [0.717, 1.165) is 38.5 Å². The van der Waals surface area contributed by atoms with Crippen LogP contribution in [-0.2, 0) is 19.0 Å². The molecular formula is C27H40O4. The lowest BCUT2D eigenvalue weighted by Gasteiger charge is -2.37. The highest BCUT2D eigenvalue weighted by molar-refractivity contribution is 5.70. The van der Waals surface area contributed by atoms with Crippen LogP contribution >= 0.6 is 0 Å². The summed E-state index contributed by atoms with van der Waals surface area (Å²) in [6, 6.07) is 0. The predicted molar refractivity (Wildman–Crippen MR) is 125 cm³/mol. The summed E-state index contributed by atoms with van der Waals surface area (Å²) in [5.74, 6) is 0.305. The second-order valence-electron chi connectivity index (χ2n) is 9.52. The maximum Gasteiger partial charge on any atom is 0.309 e. The number of esters is 1. The minimum Gasteiger partial charge on any atom is -0.457 e. The first-order valence-corrected chi connectivity index (χ1v) is 12.1. The van der Waals surface area contributed by atoms with Crippen LogP contribution in [0.15, 0.2) is 48.6 Å². The van der Waals surface area contributed by atoms with Gasteiger partial charge in [-0.25, -0.2) is 0 Å². The van der Waals surface area contributed by atoms with E-state index in [2.05, 4.69) is 45.6 Å². The van der Waals surface area contributed by atoms with E-state index in [1.165, 1.54) is 12.0 Å². The van der Waals surface area contributed by atoms with Crippen LogP contribution in [0.2, 0.25) is 0 Å². The van der Waals surface area contributed by atoms with Crippen molar-refractivity contribution in [1.29, 1.82) is 0 Å². The van der Waals surface area contributed by atoms with Crippen molar-refractivity contribution in [2.45, 2.75) is 103 Å². The van der Waals surface area contributed by atoms with Gasteiger partial charge in [-0.1, -0.05) is 56.4 Å². The monoisotopic (exact) mass is 428 g/mol. The molecule has 2 fully saturated rings. The van der Waals surface area contributed by atoms with Gasteiger partial charge in [0.15, 0.2) is 0 Å². The van der Waals surface area contributed by atoms with Crippen LogP contribution < -0.4 is 0 Å². The quantitative estimate of drug-likeness (QED) is 0.303. The Balaban J connectivity index is 1.81. The van der Waals surface area contributed by atoms with Crippen LogP contribution in [-0.4, -0.2) is 36.5 Å². The van der Waals surface area contributed by atoms with Gasteiger partial charge in [0.2, 0.25) is 0 Å². The molecule has 3 heterocycles. The van der Waals surface area contributed by atoms with Crippen molar-refractivity contribution >= 4 is 5.97 Å². The molecule has 7 atom stereocenters. The summed E-state index contributed by atoms with van der Waals surface area (Å²) in [6.45, 7) is 10.2. The molecule has 0 radical (unpaired) electrons. The fourth-order valence-electron chi connectivity index (χ4n) is 5.02. The second kappa shape index (κ2) is 11.8. The van der Waals surface area contributed by atoms with Crippen LogP contribution in [0.4, 0.5) is 0 Å². The van der Waals surface area contributed by atoms with Crippen molar-refractivity contribution in [3.8, 4) is 0 Å². The number of rotatable bonds is 2. The smallest absolute Gasteiger partial charge is 0.309 e. The maximum atomic E-state index is 12.8. The molecule has 0 aromatic carbocycles. The van der Waals surface area contributed by atoms with E-state index in [1.807, 2.05) is 12.2 Å². The van der Waals surface area contributed by atoms with E-state index in [0.29, 0.717) is 12.0 Å². The van der Waals surface area contributed by atoms with Crippen molar-refractivity contribution in [3.63, 3.8) is 0 Å². The van der Waals surface area contributed by atoms with E-state index in [9.17, 15) is 4.79 Å². The molecule has 4 heteroatoms. The third-order valence-corrected chi connectivity index (χ3v) is 6.73. The van der Waals surface area contributed by atoms with Gasteiger partial charge >= 0.3 is 5.97 Å². The third-order valence-electron chi connectivity index (χ3n) is 6.73. The van der Waals surface area contributed by atoms with Gasteiger partial charge in [0.1, 0.15) is 6.10 Å². The molecule has 0 amide bonds. The Morgan fingerprint density at radius 2 is 1.68 bits per heavy atom. The molecule has 172 valence electrons. The maximum absolute atomic E-state index is 12.8. The number of hydrogen-bond donors (Lipinski definition) is 0. The molecule has 4 unspecified atom stereocenters. The van der Waals surface area contributed by atoms with Gasteiger partial charge in [0, 0.05) is 12.3 Å². The molecule has 0 spiro atoms. The zero-order chi connectivity index (χ0) is 22.2. The topological polar surface area (TPSA) is 44.8 Å². The first-order chi connectivity index (χ1) is 15.0. The molecule has 3 rings (SSSR count). The summed E-state index contributed by atoms with van der Waals surface area (Å²) in [5, 5.41) is 0. The van der Waals surface area contributed by atoms with Gasteiger partial charge < -0.3 is 14.2 Å². The SMILES string of the molecule is C=CC=CC1OC(=O)CC2CC(=CC)CC(CC3CCC[C@H](C[C@@H](C)C=C[C@@H]1C)O3)O2. The Kier molecular flexibility index (Phi) is 9.15. The van der Waals surface area contributed by atoms with Crippen molar-refractivity contribution in [2.75, 3.05) is 0 Å². The van der Waals surface area contributed by atoms with Gasteiger partial charge in [-0.3, -0.25) is 4.79 Å². The standard InChI is InChI=1S/C27H40O4/c1-5-7-11-26-20(4)13-12-19(3)14-22-9-8-10-23(29-22)17-24-15-21(6-2)16-25(30-24)18-27(28)31-26/h5-7,11-13,19-20,22-26H,1,8-10,14-18H2,2-4H3/t19-,20-,22+,23?,24?,25?,26?/m0/s1. The van der Waals surface area contributed by atoms with Gasteiger partial charge in [0.25, 0.3) is 0 Å². The molecule has 0 saturated carbocycles. The number of hydrogen-bond acceptors (Lipinski definition) is 4. The number of fused-ring (bicyclic) bond motifs is 4. The fraction of sp³-hybridized carbons (Fsp3) is 0.667. The summed E-state index contributed by atoms with van der Waals surface area (Å²) in [4.78, 5) is 12.8. The molecule has 2 saturated heterocycles. The van der Waals surface area contributed by atoms with Crippen molar-refractivity contribution in [2.24, 2.45) is 11.8 Å². The zero-order valence-corrected chi connectivity index (χ0v) is 19.5. The minimum atomic E-state index is -0.308. The van der Waals surface area contributed by atoms with Crippen LogP contribution in [0.1, 0.15) is 72.1 Å². The van der Waals surface area contributed by atoms with E-state index >= 15 is 0 Å². The largest absolute Gasteiger partial charge is 0.457 e. The fourth-order valence-corrected chi connectivity index (χ4v) is 5.02. The number of cyclic esters (lactones) is 1. The van der Waals surface area contributed by atoms with Crippen molar-refractivity contribution < 1.29 is 19.0 Å². The van der Waals surface area contributed by atoms with Gasteiger partial charge in [-0.05, 0) is 57.4 Å². The lowest BCUT2D eigenvalue weighted by Crippen LogP contribution is -2.37. The van der Waals surface area contributed by atoms with E-state index in [4.69, 9.17) is 14.2 Å². The van der Waals surface area contributed by atoms with Crippen LogP contribution in [0, 0.1) is 11.8 Å². The number of allylic oxidation sites excluding steroid dienone is 4. The number of carbonyl (C=O) groups excluding carboxylic acids is 1. The second-order valence-corrected chi connectivity index (χ2v) is 9.52. The first kappa shape index (κ1) is 24.0. The molecular weight excluding hydrogens is 388 g/mol. The normalized spacial score (nSPS) is 39.4. The Labute approximate surface area is 188 Å². The number of ether oxygens (including phenoxy) is 3. The van der Waals surface area contributed by atoms with Crippen molar-refractivity contribution in [3.05, 3.63) is 48.6 Å². The molecule has 0 aliphatic carbocycles. The Morgan fingerprint density at radius 1 is 0.968 bits per heavy atom. The molecule has 4 bridgehead atoms. The Hall–Kier alpha value is -1.65. The molecule has 3 aliphatic rings. The highest BCUT2D eigenvalue weighted by atomic mass is 16.5. The molecule has 3 aliphatic heterocycles. The van der Waals surface area contributed by atoms with Crippen molar-refractivity contribution in [1.82, 2.24) is 0 Å². The van der Waals surface area contributed by atoms with Crippen LogP contribution in [0.25, 0.3) is 0 Å². The summed E-state index contributed by atoms with van der Waals surface area (Å²) >= 11 is 0. The lowest BCUT2D eigenvalue weighted by molar-refractivity contribution is -0.154. The van der Waals surface area contributed by atoms with Gasteiger partial charge in [-0.15, -0.1) is 0 Å². The third kappa shape index (κ3) is 7.47. The minimum absolute atomic E-state index is 0.0849. The molecule has 0 N–H and O–H groups in total. The van der Waals surface area contributed by atoms with Crippen LogP contribution in [0.5, 0.6) is 0 Å². The van der Waals surface area contributed by atoms with E-state index in [-0.39, 0.29) is 42.7 Å². The molecule has 4 nitrogen and oxygen atoms in total. The summed E-state index contributed by atoms with van der Waals surface area (Å²) in [6.07, 6.45) is 19.8. The van der Waals surface area contributed by atoms with Gasteiger partial charge in [-0.2, -0.15) is 0 Å². The average molecular weight is 429 g/mol. The molecule has 0 aromatic heterocycles. The first-order valence-electron chi connectivity index (χ1n) is 12.1. The Bertz CT molecular complexity index is 691. The van der Waals surface area contributed by atoms with Crippen LogP contribution in [0.3, 0.4) is 0 Å². The Morgan fingerprint density at radius 3 is 2.42 bits per heavy atom. The van der Waals surface area contributed by atoms with E-state index < -0.39 is 0 Å². The number of carbonyl (C=O) groups is 1. The average Bonchev–Trinajstić information content (AvgIpc) is 2.74. The lowest BCUT2D eigenvalue weighted by atomic mass is 9.90. The van der Waals surface area contributed by atoms with E-state index in [1.54, 1.807) is 6.08 Å². The highest BCUT2D eigenvalue weighted by Crippen LogP contribution is 2.33. The zero-order valence-electron chi connectivity index (χ0n) is 19.5. The highest BCUT2D eigenvalue weighted by Gasteiger charge is 2.32.